The van der Waals surface area contributed by atoms with Crippen LogP contribution in [0, 0.1) is 5.82 Å². The highest BCUT2D eigenvalue weighted by Gasteiger charge is 2.18. The third-order valence-electron chi connectivity index (χ3n) is 3.62. The first kappa shape index (κ1) is 16.8. The Kier molecular flexibility index (Phi) is 5.72. The minimum absolute atomic E-state index is 0.149. The van der Waals surface area contributed by atoms with Crippen molar-refractivity contribution in [1.29, 1.82) is 0 Å². The largest absolute Gasteiger partial charge is 0.455 e. The molecule has 0 radical (unpaired) electrons. The van der Waals surface area contributed by atoms with Crippen LogP contribution in [0.4, 0.5) is 10.1 Å². The van der Waals surface area contributed by atoms with E-state index in [4.69, 9.17) is 4.74 Å². The highest BCUT2D eigenvalue weighted by molar-refractivity contribution is 7.99. The predicted octanol–water partition coefficient (Wildman–Crippen LogP) is 3.65. The van der Waals surface area contributed by atoms with Crippen molar-refractivity contribution in [2.45, 2.75) is 12.5 Å². The molecule has 1 amide bonds. The Morgan fingerprint density at radius 2 is 2.12 bits per heavy atom. The number of hydrogen-bond donors (Lipinski definition) is 2. The van der Waals surface area contributed by atoms with E-state index in [9.17, 15) is 9.18 Å². The van der Waals surface area contributed by atoms with Gasteiger partial charge in [0.25, 0.3) is 0 Å². The van der Waals surface area contributed by atoms with Crippen molar-refractivity contribution in [3.63, 3.8) is 0 Å². The summed E-state index contributed by atoms with van der Waals surface area (Å²) in [4.78, 5) is 12.3. The number of anilines is 1. The van der Waals surface area contributed by atoms with E-state index < -0.39 is 5.82 Å². The number of amides is 1. The molecule has 1 fully saturated rings. The maximum atomic E-state index is 13.6. The maximum absolute atomic E-state index is 13.6. The molecule has 1 unspecified atom stereocenters. The normalized spacial score (nSPS) is 17.3. The van der Waals surface area contributed by atoms with Crippen molar-refractivity contribution < 1.29 is 13.9 Å². The van der Waals surface area contributed by atoms with Gasteiger partial charge in [-0.2, -0.15) is 11.8 Å². The third kappa shape index (κ3) is 4.72. The highest BCUT2D eigenvalue weighted by Crippen LogP contribution is 2.30. The van der Waals surface area contributed by atoms with E-state index in [0.29, 0.717) is 23.6 Å². The van der Waals surface area contributed by atoms with Gasteiger partial charge in [-0.25, -0.2) is 4.39 Å². The van der Waals surface area contributed by atoms with Crippen LogP contribution in [0.5, 0.6) is 11.5 Å². The molecule has 1 saturated heterocycles. The molecule has 3 rings (SSSR count). The second-order valence-corrected chi connectivity index (χ2v) is 6.68. The van der Waals surface area contributed by atoms with Crippen LogP contribution >= 0.6 is 11.8 Å². The molecule has 1 aliphatic heterocycles. The number of rotatable bonds is 5. The van der Waals surface area contributed by atoms with Gasteiger partial charge in [-0.15, -0.1) is 0 Å². The molecule has 24 heavy (non-hydrogen) atoms. The molecule has 0 aliphatic carbocycles. The summed E-state index contributed by atoms with van der Waals surface area (Å²) in [6.45, 7) is 0.908. The van der Waals surface area contributed by atoms with Gasteiger partial charge >= 0.3 is 0 Å². The summed E-state index contributed by atoms with van der Waals surface area (Å²) in [5.74, 6) is 2.45. The summed E-state index contributed by atoms with van der Waals surface area (Å²) in [7, 11) is 0. The quantitative estimate of drug-likeness (QED) is 0.868. The van der Waals surface area contributed by atoms with Gasteiger partial charge in [0.05, 0.1) is 5.69 Å². The van der Waals surface area contributed by atoms with Crippen LogP contribution in [0.1, 0.15) is 6.42 Å². The minimum atomic E-state index is -0.419. The second kappa shape index (κ2) is 8.17. The first-order valence-electron chi connectivity index (χ1n) is 7.84. The second-order valence-electron chi connectivity index (χ2n) is 5.53. The Morgan fingerprint density at radius 1 is 1.29 bits per heavy atom. The molecule has 1 atom stereocenters. The van der Waals surface area contributed by atoms with Gasteiger partial charge in [0.1, 0.15) is 11.6 Å². The van der Waals surface area contributed by atoms with Crippen LogP contribution in [-0.4, -0.2) is 30.0 Å². The summed E-state index contributed by atoms with van der Waals surface area (Å²) in [5.41, 5.74) is 0.340. The summed E-state index contributed by atoms with van der Waals surface area (Å²) < 4.78 is 19.3. The number of hydrogen-bond acceptors (Lipinski definition) is 4. The number of thioether (sulfide) groups is 1. The molecule has 0 bridgehead atoms. The SMILES string of the molecule is O=C(CC1CSCCN1)Nc1cc(F)ccc1Oc1ccccc1. The Hall–Kier alpha value is -2.05. The van der Waals surface area contributed by atoms with E-state index in [1.807, 2.05) is 30.0 Å². The van der Waals surface area contributed by atoms with Crippen LogP contribution in [-0.2, 0) is 4.79 Å². The number of carbonyl (C=O) groups is 1. The Bertz CT molecular complexity index is 691. The molecule has 6 heteroatoms. The predicted molar refractivity (Wildman–Crippen MR) is 95.3 cm³/mol. The summed E-state index contributed by atoms with van der Waals surface area (Å²) in [6.07, 6.45) is 0.355. The van der Waals surface area contributed by atoms with E-state index in [1.165, 1.54) is 18.2 Å². The molecule has 1 heterocycles. The Balaban J connectivity index is 1.69. The average molecular weight is 346 g/mol. The van der Waals surface area contributed by atoms with E-state index in [0.717, 1.165) is 18.1 Å². The van der Waals surface area contributed by atoms with E-state index in [-0.39, 0.29) is 11.9 Å². The van der Waals surface area contributed by atoms with Crippen LogP contribution in [0.3, 0.4) is 0 Å². The van der Waals surface area contributed by atoms with Crippen LogP contribution in [0.25, 0.3) is 0 Å². The van der Waals surface area contributed by atoms with Crippen molar-refractivity contribution in [3.05, 3.63) is 54.3 Å². The zero-order valence-electron chi connectivity index (χ0n) is 13.1. The lowest BCUT2D eigenvalue weighted by atomic mass is 10.2. The molecular weight excluding hydrogens is 327 g/mol. The molecule has 0 spiro atoms. The number of para-hydroxylation sites is 1. The van der Waals surface area contributed by atoms with Crippen molar-refractivity contribution >= 4 is 23.4 Å². The maximum Gasteiger partial charge on any atom is 0.226 e. The van der Waals surface area contributed by atoms with Crippen molar-refractivity contribution in [2.75, 3.05) is 23.4 Å². The van der Waals surface area contributed by atoms with Crippen LogP contribution < -0.4 is 15.4 Å². The van der Waals surface area contributed by atoms with E-state index >= 15 is 0 Å². The fraction of sp³-hybridized carbons (Fsp3) is 0.278. The fourth-order valence-electron chi connectivity index (χ4n) is 2.48. The van der Waals surface area contributed by atoms with Gasteiger partial charge in [-0.1, -0.05) is 18.2 Å². The van der Waals surface area contributed by atoms with Gasteiger partial charge < -0.3 is 15.4 Å². The van der Waals surface area contributed by atoms with E-state index in [1.54, 1.807) is 12.1 Å². The third-order valence-corrected chi connectivity index (χ3v) is 4.75. The van der Waals surface area contributed by atoms with Gasteiger partial charge in [0.15, 0.2) is 5.75 Å². The smallest absolute Gasteiger partial charge is 0.226 e. The molecule has 4 nitrogen and oxygen atoms in total. The Morgan fingerprint density at radius 3 is 2.88 bits per heavy atom. The summed E-state index contributed by atoms with van der Waals surface area (Å²) in [6, 6.07) is 13.5. The lowest BCUT2D eigenvalue weighted by Crippen LogP contribution is -2.39. The van der Waals surface area contributed by atoms with Gasteiger partial charge in [0.2, 0.25) is 5.91 Å². The molecule has 126 valence electrons. The number of ether oxygens (including phenoxy) is 1. The van der Waals surface area contributed by atoms with Gasteiger partial charge in [-0.05, 0) is 24.3 Å². The van der Waals surface area contributed by atoms with Gasteiger partial charge in [-0.3, -0.25) is 4.79 Å². The molecule has 0 saturated carbocycles. The zero-order chi connectivity index (χ0) is 16.8. The first-order valence-corrected chi connectivity index (χ1v) is 8.99. The molecule has 2 aromatic rings. The summed E-state index contributed by atoms with van der Waals surface area (Å²) >= 11 is 1.83. The molecular formula is C18H19FN2O2S. The Labute approximate surface area is 144 Å². The van der Waals surface area contributed by atoms with Crippen molar-refractivity contribution in [2.24, 2.45) is 0 Å². The lowest BCUT2D eigenvalue weighted by molar-refractivity contribution is -0.116. The number of carbonyl (C=O) groups excluding carboxylic acids is 1. The average Bonchev–Trinajstić information content (AvgIpc) is 2.59. The molecule has 2 N–H and O–H groups in total. The van der Waals surface area contributed by atoms with Crippen molar-refractivity contribution in [3.8, 4) is 11.5 Å². The number of halogens is 1. The topological polar surface area (TPSA) is 50.4 Å². The minimum Gasteiger partial charge on any atom is -0.455 e. The standard InChI is InChI=1S/C18H19FN2O2S/c19-13-6-7-17(23-15-4-2-1-3-5-15)16(10-13)21-18(22)11-14-12-24-9-8-20-14/h1-7,10,14,20H,8-9,11-12H2,(H,21,22). The molecule has 1 aliphatic rings. The van der Waals surface area contributed by atoms with E-state index in [2.05, 4.69) is 10.6 Å². The van der Waals surface area contributed by atoms with Crippen molar-refractivity contribution in [1.82, 2.24) is 5.32 Å². The fourth-order valence-corrected chi connectivity index (χ4v) is 3.43. The number of benzene rings is 2. The lowest BCUT2D eigenvalue weighted by Gasteiger charge is -2.22. The monoisotopic (exact) mass is 346 g/mol. The first-order chi connectivity index (χ1) is 11.7. The highest BCUT2D eigenvalue weighted by atomic mass is 32.2. The van der Waals surface area contributed by atoms with Crippen LogP contribution in [0.2, 0.25) is 0 Å². The summed E-state index contributed by atoms with van der Waals surface area (Å²) in [5, 5.41) is 6.08. The van der Waals surface area contributed by atoms with Gasteiger partial charge in [0, 0.05) is 36.6 Å². The van der Waals surface area contributed by atoms with Crippen LogP contribution in [0.15, 0.2) is 48.5 Å². The number of nitrogens with one attached hydrogen (secondary N) is 2. The molecule has 0 aromatic heterocycles. The zero-order valence-corrected chi connectivity index (χ0v) is 13.9. The molecule has 2 aromatic carbocycles.